The summed E-state index contributed by atoms with van der Waals surface area (Å²) in [4.78, 5) is 22.1. The largest absolute Gasteiger partial charge is 0.497 e. The number of nitrogens with one attached hydrogen (secondary N) is 1. The van der Waals surface area contributed by atoms with Crippen molar-refractivity contribution in [3.8, 4) is 5.75 Å². The van der Waals surface area contributed by atoms with E-state index in [1.807, 2.05) is 47.6 Å². The number of carbonyl (C=O) groups excluding carboxylic acids is 1. The molecule has 1 N–H and O–H groups in total. The number of methoxy groups -OCH3 is 1. The third kappa shape index (κ3) is 2.62. The molecule has 5 nitrogen and oxygen atoms in total. The molecule has 1 aliphatic rings. The number of pyridine rings is 1. The molecule has 0 bridgehead atoms. The van der Waals surface area contributed by atoms with Crippen LogP contribution in [0.3, 0.4) is 0 Å². The van der Waals surface area contributed by atoms with Crippen LogP contribution < -0.4 is 4.74 Å². The van der Waals surface area contributed by atoms with Gasteiger partial charge in [0.15, 0.2) is 0 Å². The molecule has 0 saturated carbocycles. The molecule has 1 amide bonds. The van der Waals surface area contributed by atoms with Crippen LogP contribution in [-0.2, 0) is 6.42 Å². The summed E-state index contributed by atoms with van der Waals surface area (Å²) in [6, 6.07) is 11.3. The lowest BCUT2D eigenvalue weighted by molar-refractivity contribution is 0.0500. The monoisotopic (exact) mass is 321 g/mol. The van der Waals surface area contributed by atoms with E-state index in [2.05, 4.69) is 16.0 Å². The third-order valence-corrected chi connectivity index (χ3v) is 4.62. The molecule has 1 aromatic carbocycles. The van der Waals surface area contributed by atoms with Crippen molar-refractivity contribution in [1.29, 1.82) is 0 Å². The summed E-state index contributed by atoms with van der Waals surface area (Å²) in [6.07, 6.45) is 4.69. The molecular formula is C19H19N3O2. The van der Waals surface area contributed by atoms with Crippen LogP contribution >= 0.6 is 0 Å². The van der Waals surface area contributed by atoms with Crippen molar-refractivity contribution in [2.45, 2.75) is 6.42 Å². The Balaban J connectivity index is 1.39. The number of H-pyrrole nitrogens is 1. The first-order chi connectivity index (χ1) is 11.7. The molecule has 5 heteroatoms. The number of aromatic amines is 1. The van der Waals surface area contributed by atoms with E-state index in [-0.39, 0.29) is 5.91 Å². The maximum atomic E-state index is 12.5. The van der Waals surface area contributed by atoms with Crippen molar-refractivity contribution in [1.82, 2.24) is 14.9 Å². The quantitative estimate of drug-likeness (QED) is 0.804. The average molecular weight is 321 g/mol. The molecular weight excluding hydrogens is 302 g/mol. The number of hydrogen-bond acceptors (Lipinski definition) is 3. The van der Waals surface area contributed by atoms with Gasteiger partial charge in [-0.05, 0) is 48.7 Å². The number of aromatic nitrogens is 2. The number of fused-ring (bicyclic) bond motifs is 1. The Hall–Kier alpha value is -2.82. The van der Waals surface area contributed by atoms with Crippen LogP contribution in [0.25, 0.3) is 10.9 Å². The zero-order valence-electron chi connectivity index (χ0n) is 13.5. The topological polar surface area (TPSA) is 58.2 Å². The molecule has 3 aromatic rings. The van der Waals surface area contributed by atoms with Crippen LogP contribution in [0, 0.1) is 5.92 Å². The number of ether oxygens (including phenoxy) is 1. The van der Waals surface area contributed by atoms with Gasteiger partial charge >= 0.3 is 0 Å². The van der Waals surface area contributed by atoms with Crippen LogP contribution in [-0.4, -0.2) is 41.0 Å². The van der Waals surface area contributed by atoms with E-state index < -0.39 is 0 Å². The summed E-state index contributed by atoms with van der Waals surface area (Å²) in [5.41, 5.74) is 2.90. The summed E-state index contributed by atoms with van der Waals surface area (Å²) < 4.78 is 5.13. The van der Waals surface area contributed by atoms with Crippen molar-refractivity contribution >= 4 is 16.8 Å². The highest BCUT2D eigenvalue weighted by atomic mass is 16.5. The van der Waals surface area contributed by atoms with Crippen LogP contribution in [0.2, 0.25) is 0 Å². The van der Waals surface area contributed by atoms with Crippen molar-refractivity contribution in [2.24, 2.45) is 5.92 Å². The van der Waals surface area contributed by atoms with Crippen LogP contribution in [0.15, 0.2) is 48.8 Å². The number of nitrogens with zero attached hydrogens (tertiary/aromatic N) is 2. The maximum Gasteiger partial charge on any atom is 0.253 e. The van der Waals surface area contributed by atoms with E-state index in [9.17, 15) is 4.79 Å². The molecule has 2 aromatic heterocycles. The first-order valence-electron chi connectivity index (χ1n) is 8.09. The number of benzene rings is 1. The molecule has 0 spiro atoms. The lowest BCUT2D eigenvalue weighted by atomic mass is 9.93. The number of amides is 1. The fourth-order valence-corrected chi connectivity index (χ4v) is 3.25. The Labute approximate surface area is 140 Å². The van der Waals surface area contributed by atoms with E-state index >= 15 is 0 Å². The Morgan fingerprint density at radius 3 is 2.79 bits per heavy atom. The molecule has 0 unspecified atom stereocenters. The Kier molecular flexibility index (Phi) is 3.69. The smallest absolute Gasteiger partial charge is 0.253 e. The second-order valence-electron chi connectivity index (χ2n) is 6.21. The van der Waals surface area contributed by atoms with Gasteiger partial charge in [0.05, 0.1) is 18.3 Å². The minimum atomic E-state index is 0.0833. The molecule has 1 saturated heterocycles. The van der Waals surface area contributed by atoms with Crippen molar-refractivity contribution in [2.75, 3.05) is 20.2 Å². The van der Waals surface area contributed by atoms with Gasteiger partial charge < -0.3 is 14.6 Å². The number of carbonyl (C=O) groups is 1. The van der Waals surface area contributed by atoms with Crippen LogP contribution in [0.5, 0.6) is 5.75 Å². The predicted octanol–water partition coefficient (Wildman–Crippen LogP) is 2.89. The zero-order valence-corrected chi connectivity index (χ0v) is 13.5. The summed E-state index contributed by atoms with van der Waals surface area (Å²) in [5, 5.41) is 1.19. The Bertz CT molecular complexity index is 864. The highest BCUT2D eigenvalue weighted by Gasteiger charge is 2.31. The normalized spacial score (nSPS) is 14.6. The summed E-state index contributed by atoms with van der Waals surface area (Å²) in [6.45, 7) is 1.56. The molecule has 3 heterocycles. The van der Waals surface area contributed by atoms with Gasteiger partial charge in [0, 0.05) is 36.4 Å². The van der Waals surface area contributed by atoms with Crippen molar-refractivity contribution in [3.05, 3.63) is 60.0 Å². The predicted molar refractivity (Wildman–Crippen MR) is 92.2 cm³/mol. The molecule has 1 aliphatic heterocycles. The van der Waals surface area contributed by atoms with Gasteiger partial charge in [-0.15, -0.1) is 0 Å². The van der Waals surface area contributed by atoms with E-state index in [0.717, 1.165) is 36.5 Å². The summed E-state index contributed by atoms with van der Waals surface area (Å²) in [7, 11) is 1.62. The maximum absolute atomic E-state index is 12.5. The Morgan fingerprint density at radius 2 is 2.04 bits per heavy atom. The van der Waals surface area contributed by atoms with Gasteiger partial charge in [0.25, 0.3) is 5.91 Å². The lowest BCUT2D eigenvalue weighted by Crippen LogP contribution is -2.50. The molecule has 122 valence electrons. The molecule has 0 radical (unpaired) electrons. The lowest BCUT2D eigenvalue weighted by Gasteiger charge is -2.39. The van der Waals surface area contributed by atoms with Gasteiger partial charge in [0.1, 0.15) is 5.75 Å². The number of rotatable bonds is 4. The van der Waals surface area contributed by atoms with E-state index in [4.69, 9.17) is 4.74 Å². The van der Waals surface area contributed by atoms with Crippen LogP contribution in [0.1, 0.15) is 16.1 Å². The number of likely N-dealkylation sites (tertiary alicyclic amines) is 1. The second-order valence-corrected chi connectivity index (χ2v) is 6.21. The van der Waals surface area contributed by atoms with Gasteiger partial charge in [-0.2, -0.15) is 0 Å². The minimum Gasteiger partial charge on any atom is -0.497 e. The second kappa shape index (κ2) is 6.00. The van der Waals surface area contributed by atoms with E-state index in [1.54, 1.807) is 7.11 Å². The molecule has 1 fully saturated rings. The van der Waals surface area contributed by atoms with Crippen molar-refractivity contribution < 1.29 is 9.53 Å². The fourth-order valence-electron chi connectivity index (χ4n) is 3.25. The third-order valence-electron chi connectivity index (χ3n) is 4.62. The standard InChI is InChI=1S/C19H19N3O2/c1-24-16-4-2-15(3-5-16)19(23)22-11-13(12-22)10-17-18-14(6-8-20-17)7-9-21-18/h2-9,13,21H,10-12H2,1H3. The van der Waals surface area contributed by atoms with E-state index in [0.29, 0.717) is 11.5 Å². The van der Waals surface area contributed by atoms with Gasteiger partial charge in [-0.25, -0.2) is 0 Å². The van der Waals surface area contributed by atoms with Gasteiger partial charge in [0.2, 0.25) is 0 Å². The minimum absolute atomic E-state index is 0.0833. The highest BCUT2D eigenvalue weighted by Crippen LogP contribution is 2.25. The number of hydrogen-bond donors (Lipinski definition) is 1. The highest BCUT2D eigenvalue weighted by molar-refractivity contribution is 5.94. The average Bonchev–Trinajstić information content (AvgIpc) is 3.06. The van der Waals surface area contributed by atoms with Crippen LogP contribution in [0.4, 0.5) is 0 Å². The van der Waals surface area contributed by atoms with E-state index in [1.165, 1.54) is 5.39 Å². The summed E-state index contributed by atoms with van der Waals surface area (Å²) >= 11 is 0. The first kappa shape index (κ1) is 14.8. The Morgan fingerprint density at radius 1 is 1.25 bits per heavy atom. The van der Waals surface area contributed by atoms with Gasteiger partial charge in [-0.1, -0.05) is 0 Å². The first-order valence-corrected chi connectivity index (χ1v) is 8.09. The summed E-state index contributed by atoms with van der Waals surface area (Å²) in [5.74, 6) is 1.31. The fraction of sp³-hybridized carbons (Fsp3) is 0.263. The SMILES string of the molecule is COc1ccc(C(=O)N2CC(Cc3nccc4cc[nH]c34)C2)cc1. The molecule has 24 heavy (non-hydrogen) atoms. The van der Waals surface area contributed by atoms with Gasteiger partial charge in [-0.3, -0.25) is 9.78 Å². The van der Waals surface area contributed by atoms with Crippen molar-refractivity contribution in [3.63, 3.8) is 0 Å². The molecule has 4 rings (SSSR count). The molecule has 0 atom stereocenters. The zero-order chi connectivity index (χ0) is 16.5. The molecule has 0 aliphatic carbocycles.